The van der Waals surface area contributed by atoms with Crippen LogP contribution in [0.2, 0.25) is 5.02 Å². The molecule has 5 heteroatoms. The maximum Gasteiger partial charge on any atom is 0.160 e. The first-order valence-corrected chi connectivity index (χ1v) is 7.07. The van der Waals surface area contributed by atoms with Crippen LogP contribution >= 0.6 is 23.2 Å². The standard InChI is InChI=1S/C15H11Cl2NO2/c16-12-4-2-1-3-10(12)14-8-9(20-18-14)7-11-13(17)5-6-15(11)19/h1-4,7-8,13H,5-6H2/b11-7+. The van der Waals surface area contributed by atoms with Crippen LogP contribution in [-0.2, 0) is 4.79 Å². The third-order valence-electron chi connectivity index (χ3n) is 3.26. The van der Waals surface area contributed by atoms with Gasteiger partial charge in [-0.1, -0.05) is 35.0 Å². The normalized spacial score (nSPS) is 20.8. The summed E-state index contributed by atoms with van der Waals surface area (Å²) in [6.45, 7) is 0. The highest BCUT2D eigenvalue weighted by atomic mass is 35.5. The molecular weight excluding hydrogens is 297 g/mol. The molecule has 3 rings (SSSR count). The lowest BCUT2D eigenvalue weighted by Gasteiger charge is -1.98. The molecule has 0 spiro atoms. The Hall–Kier alpha value is -1.58. The third kappa shape index (κ3) is 2.51. The predicted octanol–water partition coefficient (Wildman–Crippen LogP) is 4.35. The third-order valence-corrected chi connectivity index (χ3v) is 4.04. The molecule has 0 amide bonds. The van der Waals surface area contributed by atoms with E-state index in [-0.39, 0.29) is 11.2 Å². The number of hydrogen-bond acceptors (Lipinski definition) is 3. The van der Waals surface area contributed by atoms with Crippen LogP contribution in [0.4, 0.5) is 0 Å². The number of benzene rings is 1. The Morgan fingerprint density at radius 2 is 2.15 bits per heavy atom. The first kappa shape index (κ1) is 13.4. The van der Waals surface area contributed by atoms with Gasteiger partial charge < -0.3 is 4.52 Å². The second-order valence-corrected chi connectivity index (χ2v) is 5.56. The monoisotopic (exact) mass is 307 g/mol. The van der Waals surface area contributed by atoms with Crippen LogP contribution in [0.15, 0.2) is 40.4 Å². The summed E-state index contributed by atoms with van der Waals surface area (Å²) in [5.74, 6) is 0.580. The van der Waals surface area contributed by atoms with Crippen molar-refractivity contribution in [3.63, 3.8) is 0 Å². The number of allylic oxidation sites excluding steroid dienone is 1. The highest BCUT2D eigenvalue weighted by Crippen LogP contribution is 2.31. The fourth-order valence-electron chi connectivity index (χ4n) is 2.21. The molecule has 0 aliphatic heterocycles. The SMILES string of the molecule is O=C1CCC(Cl)/C1=C\c1cc(-c2ccccc2Cl)no1. The molecule has 1 aliphatic rings. The van der Waals surface area contributed by atoms with Crippen molar-refractivity contribution in [1.29, 1.82) is 0 Å². The van der Waals surface area contributed by atoms with Gasteiger partial charge in [-0.2, -0.15) is 0 Å². The number of alkyl halides is 1. The lowest BCUT2D eigenvalue weighted by molar-refractivity contribution is -0.114. The lowest BCUT2D eigenvalue weighted by Crippen LogP contribution is -1.98. The molecule has 1 fully saturated rings. The van der Waals surface area contributed by atoms with Gasteiger partial charge in [0.15, 0.2) is 11.5 Å². The van der Waals surface area contributed by atoms with E-state index >= 15 is 0 Å². The number of hydrogen-bond donors (Lipinski definition) is 0. The van der Waals surface area contributed by atoms with Crippen molar-refractivity contribution in [3.05, 3.63) is 46.7 Å². The minimum absolute atomic E-state index is 0.0701. The molecule has 2 aromatic rings. The number of aromatic nitrogens is 1. The van der Waals surface area contributed by atoms with Gasteiger partial charge in [0.05, 0.1) is 10.4 Å². The van der Waals surface area contributed by atoms with Crippen molar-refractivity contribution in [1.82, 2.24) is 5.16 Å². The molecule has 3 nitrogen and oxygen atoms in total. The topological polar surface area (TPSA) is 43.1 Å². The van der Waals surface area contributed by atoms with Crippen LogP contribution in [0.25, 0.3) is 17.3 Å². The van der Waals surface area contributed by atoms with Gasteiger partial charge in [-0.05, 0) is 18.6 Å². The van der Waals surface area contributed by atoms with Crippen LogP contribution in [0.3, 0.4) is 0 Å². The van der Waals surface area contributed by atoms with Crippen LogP contribution in [0.1, 0.15) is 18.6 Å². The Balaban J connectivity index is 1.94. The number of halogens is 2. The summed E-state index contributed by atoms with van der Waals surface area (Å²) in [7, 11) is 0. The molecule has 1 heterocycles. The summed E-state index contributed by atoms with van der Waals surface area (Å²) in [4.78, 5) is 11.7. The minimum atomic E-state index is -0.239. The van der Waals surface area contributed by atoms with Crippen LogP contribution in [0, 0.1) is 0 Å². The highest BCUT2D eigenvalue weighted by Gasteiger charge is 2.27. The molecule has 0 N–H and O–H groups in total. The quantitative estimate of drug-likeness (QED) is 0.612. The van der Waals surface area contributed by atoms with E-state index in [0.717, 1.165) is 5.56 Å². The minimum Gasteiger partial charge on any atom is -0.356 e. The zero-order valence-electron chi connectivity index (χ0n) is 10.5. The van der Waals surface area contributed by atoms with Crippen molar-refractivity contribution in [2.75, 3.05) is 0 Å². The lowest BCUT2D eigenvalue weighted by atomic mass is 10.1. The van der Waals surface area contributed by atoms with E-state index in [9.17, 15) is 4.79 Å². The summed E-state index contributed by atoms with van der Waals surface area (Å²) in [6.07, 6.45) is 2.84. The number of carbonyl (C=O) groups excluding carboxylic acids is 1. The molecule has 20 heavy (non-hydrogen) atoms. The molecule has 1 saturated carbocycles. The molecule has 0 radical (unpaired) electrons. The maximum absolute atomic E-state index is 11.7. The van der Waals surface area contributed by atoms with Gasteiger partial charge in [0, 0.05) is 23.6 Å². The average Bonchev–Trinajstić information content (AvgIpc) is 3.02. The van der Waals surface area contributed by atoms with Gasteiger partial charge in [-0.3, -0.25) is 4.79 Å². The largest absolute Gasteiger partial charge is 0.356 e. The fourth-order valence-corrected chi connectivity index (χ4v) is 2.74. The van der Waals surface area contributed by atoms with Gasteiger partial charge in [0.2, 0.25) is 0 Å². The van der Waals surface area contributed by atoms with E-state index < -0.39 is 0 Å². The van der Waals surface area contributed by atoms with Crippen LogP contribution < -0.4 is 0 Å². The van der Waals surface area contributed by atoms with E-state index in [2.05, 4.69) is 5.16 Å². The van der Waals surface area contributed by atoms with E-state index in [1.807, 2.05) is 18.2 Å². The van der Waals surface area contributed by atoms with Gasteiger partial charge in [0.25, 0.3) is 0 Å². The van der Waals surface area contributed by atoms with Crippen molar-refractivity contribution in [2.24, 2.45) is 0 Å². The molecule has 0 saturated heterocycles. The smallest absolute Gasteiger partial charge is 0.160 e. The summed E-state index contributed by atoms with van der Waals surface area (Å²) < 4.78 is 5.24. The highest BCUT2D eigenvalue weighted by molar-refractivity contribution is 6.33. The number of ketones is 1. The molecule has 1 unspecified atom stereocenters. The van der Waals surface area contributed by atoms with E-state index in [4.69, 9.17) is 27.7 Å². The first-order chi connectivity index (χ1) is 9.65. The fraction of sp³-hybridized carbons (Fsp3) is 0.200. The Morgan fingerprint density at radius 3 is 2.85 bits per heavy atom. The molecule has 1 atom stereocenters. The van der Waals surface area contributed by atoms with E-state index in [0.29, 0.717) is 34.9 Å². The summed E-state index contributed by atoms with van der Waals surface area (Å²) in [6, 6.07) is 9.14. The summed E-state index contributed by atoms with van der Waals surface area (Å²) in [5, 5.41) is 4.35. The number of Topliss-reactive ketones (excluding diaryl/α,β-unsaturated/α-hetero) is 1. The number of nitrogens with zero attached hydrogens (tertiary/aromatic N) is 1. The maximum atomic E-state index is 11.7. The summed E-state index contributed by atoms with van der Waals surface area (Å²) >= 11 is 12.2. The zero-order chi connectivity index (χ0) is 14.1. The number of carbonyl (C=O) groups is 1. The second kappa shape index (κ2) is 5.43. The van der Waals surface area contributed by atoms with Crippen molar-refractivity contribution in [3.8, 4) is 11.3 Å². The van der Waals surface area contributed by atoms with Crippen molar-refractivity contribution < 1.29 is 9.32 Å². The molecule has 1 aliphatic carbocycles. The van der Waals surface area contributed by atoms with E-state index in [1.54, 1.807) is 18.2 Å². The predicted molar refractivity (Wildman–Crippen MR) is 78.8 cm³/mol. The zero-order valence-corrected chi connectivity index (χ0v) is 12.0. The second-order valence-electron chi connectivity index (χ2n) is 4.62. The Morgan fingerprint density at radius 1 is 1.35 bits per heavy atom. The molecule has 102 valence electrons. The van der Waals surface area contributed by atoms with Crippen LogP contribution in [0.5, 0.6) is 0 Å². The van der Waals surface area contributed by atoms with Gasteiger partial charge in [0.1, 0.15) is 5.69 Å². The first-order valence-electron chi connectivity index (χ1n) is 6.25. The summed E-state index contributed by atoms with van der Waals surface area (Å²) in [5.41, 5.74) is 2.02. The van der Waals surface area contributed by atoms with Gasteiger partial charge in [-0.15, -0.1) is 11.6 Å². The average molecular weight is 308 g/mol. The Kier molecular flexibility index (Phi) is 3.64. The van der Waals surface area contributed by atoms with Gasteiger partial charge >= 0.3 is 0 Å². The van der Waals surface area contributed by atoms with E-state index in [1.165, 1.54) is 0 Å². The molecule has 1 aromatic heterocycles. The Bertz CT molecular complexity index is 691. The van der Waals surface area contributed by atoms with Crippen LogP contribution in [-0.4, -0.2) is 16.3 Å². The van der Waals surface area contributed by atoms with Crippen molar-refractivity contribution in [2.45, 2.75) is 18.2 Å². The van der Waals surface area contributed by atoms with Gasteiger partial charge in [-0.25, -0.2) is 0 Å². The number of rotatable bonds is 2. The molecular formula is C15H11Cl2NO2. The Labute approximate surface area is 126 Å². The molecule has 1 aromatic carbocycles. The van der Waals surface area contributed by atoms with Crippen molar-refractivity contribution >= 4 is 35.1 Å². The molecule has 0 bridgehead atoms.